The first-order valence-corrected chi connectivity index (χ1v) is 35.1. The lowest BCUT2D eigenvalue weighted by atomic mass is 9.92. The number of nitrogens with zero attached hydrogens (tertiary/aromatic N) is 4. The van der Waals surface area contributed by atoms with Crippen molar-refractivity contribution < 1.29 is 38.0 Å². The van der Waals surface area contributed by atoms with Crippen LogP contribution in [-0.4, -0.2) is 119 Å². The molecule has 2 amide bonds. The van der Waals surface area contributed by atoms with Gasteiger partial charge in [-0.25, -0.2) is 0 Å². The summed E-state index contributed by atoms with van der Waals surface area (Å²) in [5.41, 5.74) is 12.2. The molecule has 6 aromatic rings. The summed E-state index contributed by atoms with van der Waals surface area (Å²) in [5.74, 6) is 42.0. The molecule has 0 radical (unpaired) electrons. The monoisotopic (exact) mass is 1350 g/mol. The molecule has 4 N–H and O–H groups in total. The third-order valence-corrected chi connectivity index (χ3v) is 19.1. The summed E-state index contributed by atoms with van der Waals surface area (Å²) >= 11 is 0. The van der Waals surface area contributed by atoms with E-state index in [1.165, 1.54) is 33.4 Å². The molecule has 4 aromatic carbocycles. The van der Waals surface area contributed by atoms with Gasteiger partial charge in [0.05, 0.1) is 22.2 Å². The van der Waals surface area contributed by atoms with Gasteiger partial charge in [0.2, 0.25) is 37.2 Å². The summed E-state index contributed by atoms with van der Waals surface area (Å²) in [4.78, 5) is 31.5. The van der Waals surface area contributed by atoms with Crippen LogP contribution in [0.2, 0.25) is 0 Å². The number of ether oxygens (including phenoxy) is 6. The van der Waals surface area contributed by atoms with E-state index in [2.05, 4.69) is 232 Å². The second-order valence-corrected chi connectivity index (χ2v) is 28.2. The van der Waals surface area contributed by atoms with Crippen LogP contribution in [-0.2, 0) is 22.4 Å². The van der Waals surface area contributed by atoms with Gasteiger partial charge in [-0.3, -0.25) is 19.8 Å². The molecule has 4 saturated heterocycles. The fourth-order valence-electron chi connectivity index (χ4n) is 14.2. The number of terminal acetylenes is 1. The molecular weight excluding hydrogens is 1260 g/mol. The van der Waals surface area contributed by atoms with E-state index in [0.717, 1.165) is 147 Å². The fraction of sp³-hybridized carbons (Fsp3) is 0.435. The Balaban J connectivity index is 0.000000178. The molecule has 0 spiro atoms. The number of amides is 2. The zero-order valence-electron chi connectivity index (χ0n) is 60.3. The molecule has 0 unspecified atom stereocenters. The van der Waals surface area contributed by atoms with Crippen LogP contribution in [0.5, 0.6) is 34.8 Å². The molecule has 2 atom stereocenters. The minimum Gasteiger partial charge on any atom is -0.475 e. The molecule has 6 aliphatic heterocycles. The van der Waals surface area contributed by atoms with E-state index < -0.39 is 10.8 Å². The Morgan fingerprint density at radius 3 is 1.20 bits per heavy atom. The summed E-state index contributed by atoms with van der Waals surface area (Å²) in [6.45, 7) is 26.9. The Hall–Kier alpha value is -10.6. The Morgan fingerprint density at radius 2 is 0.851 bits per heavy atom. The topological polar surface area (TPSA) is 177 Å². The maximum Gasteiger partial charge on any atom is 0.236 e. The summed E-state index contributed by atoms with van der Waals surface area (Å²) in [6, 6.07) is 27.0. The molecule has 6 aliphatic rings. The normalized spacial score (nSPS) is 17.2. The number of rotatable bonds is 22. The van der Waals surface area contributed by atoms with Gasteiger partial charge in [-0.15, -0.1) is 16.6 Å². The molecule has 0 aliphatic carbocycles. The van der Waals surface area contributed by atoms with Crippen molar-refractivity contribution in [2.75, 3.05) is 53.0 Å². The molecule has 16 heteroatoms. The average Bonchev–Trinajstić information content (AvgIpc) is 1.65. The van der Waals surface area contributed by atoms with Gasteiger partial charge in [0.25, 0.3) is 0 Å². The number of hydrogen-bond acceptors (Lipinski definition) is 12. The third kappa shape index (κ3) is 19.1. The van der Waals surface area contributed by atoms with Crippen LogP contribution in [0, 0.1) is 134 Å². The number of aryl methyl sites for hydroxylation is 4. The average molecular weight is 1350 g/mol. The first kappa shape index (κ1) is 73.2. The van der Waals surface area contributed by atoms with E-state index in [9.17, 15) is 9.59 Å². The summed E-state index contributed by atoms with van der Waals surface area (Å²) in [7, 11) is 0. The van der Waals surface area contributed by atoms with Crippen molar-refractivity contribution in [3.8, 4) is 153 Å². The highest BCUT2D eigenvalue weighted by Crippen LogP contribution is 2.44. The summed E-state index contributed by atoms with van der Waals surface area (Å²) < 4.78 is 34.8. The van der Waals surface area contributed by atoms with Gasteiger partial charge >= 0.3 is 0 Å². The van der Waals surface area contributed by atoms with E-state index >= 15 is 0 Å². The number of fused-ring (bicyclic) bond motifs is 6. The van der Waals surface area contributed by atoms with Crippen molar-refractivity contribution in [2.24, 2.45) is 10.8 Å². The number of H-pyrrole nitrogens is 2. The Kier molecular flexibility index (Phi) is 25.0. The lowest BCUT2D eigenvalue weighted by molar-refractivity contribution is -0.144. The molecule has 0 saturated carbocycles. The van der Waals surface area contributed by atoms with E-state index in [4.69, 9.17) is 34.8 Å². The van der Waals surface area contributed by atoms with E-state index in [0.29, 0.717) is 35.9 Å². The lowest BCUT2D eigenvalue weighted by Crippen LogP contribution is -2.46. The fourth-order valence-corrected chi connectivity index (χ4v) is 14.2. The minimum absolute atomic E-state index is 0.125. The molecule has 520 valence electrons. The molecule has 8 heterocycles. The van der Waals surface area contributed by atoms with Gasteiger partial charge in [-0.05, 0) is 282 Å². The van der Waals surface area contributed by atoms with Crippen LogP contribution in [0.3, 0.4) is 0 Å². The second kappa shape index (κ2) is 34.5. The number of nitrogens with one attached hydrogen (secondary N) is 4. The highest BCUT2D eigenvalue weighted by atomic mass is 16.7. The van der Waals surface area contributed by atoms with Gasteiger partial charge < -0.3 is 48.9 Å². The van der Waals surface area contributed by atoms with Crippen LogP contribution >= 0.6 is 0 Å². The van der Waals surface area contributed by atoms with Gasteiger partial charge in [0, 0.05) is 71.3 Å². The van der Waals surface area contributed by atoms with Crippen molar-refractivity contribution in [1.82, 2.24) is 40.8 Å². The van der Waals surface area contributed by atoms with Crippen LogP contribution < -0.4 is 39.1 Å². The highest BCUT2D eigenvalue weighted by molar-refractivity contribution is 5.84. The summed E-state index contributed by atoms with van der Waals surface area (Å²) in [6.07, 6.45) is 15.7. The molecule has 16 nitrogen and oxygen atoms in total. The van der Waals surface area contributed by atoms with Crippen molar-refractivity contribution in [2.45, 2.75) is 176 Å². The van der Waals surface area contributed by atoms with Crippen LogP contribution in [0.25, 0.3) is 22.5 Å². The maximum atomic E-state index is 13.6. The van der Waals surface area contributed by atoms with Gasteiger partial charge in [0.1, 0.15) is 13.2 Å². The molecule has 101 heavy (non-hydrogen) atoms. The van der Waals surface area contributed by atoms with Crippen molar-refractivity contribution in [3.05, 3.63) is 117 Å². The predicted octanol–water partition coefficient (Wildman–Crippen LogP) is 12.5. The van der Waals surface area contributed by atoms with Crippen molar-refractivity contribution >= 4 is 11.8 Å². The Labute approximate surface area is 597 Å². The quantitative estimate of drug-likeness (QED) is 0.0374. The zero-order chi connectivity index (χ0) is 71.5. The van der Waals surface area contributed by atoms with Gasteiger partial charge in [-0.2, -0.15) is 0 Å². The zero-order valence-corrected chi connectivity index (χ0v) is 60.3. The number of hydrogen-bond donors (Lipinski definition) is 4. The molecule has 12 rings (SSSR count). The molecule has 4 bridgehead atoms. The van der Waals surface area contributed by atoms with Gasteiger partial charge in [0.15, 0.2) is 23.0 Å². The first-order valence-electron chi connectivity index (χ1n) is 35.1. The lowest BCUT2D eigenvalue weighted by Gasteiger charge is -2.32. The second-order valence-electron chi connectivity index (χ2n) is 28.2. The standard InChI is InChI=1S/2C34H44N4O4.C17H4/c2*1-21-14-22(2)16-25(15-21)31-30(23(3)18-35-13-12-24-6-11-28-29(17-24)42-20-41-28)32(37-36-31)40-19-34(4,5)33(39)38-26-7-8-27(38)10-9-26;1-3-5-7-9-11-13-15-17-16-14-12-10-8-6-4-2/h2*6,11,14-17,23,26-27,35H,7-10,12-13,18-20H2,1-5H3,(H,36,37);1H,2H3/t2*23-,26?,27?;/m11./s1. The van der Waals surface area contributed by atoms with Crippen LogP contribution in [0.4, 0.5) is 0 Å². The predicted molar refractivity (Wildman–Crippen MR) is 395 cm³/mol. The highest BCUT2D eigenvalue weighted by Gasteiger charge is 2.48. The smallest absolute Gasteiger partial charge is 0.236 e. The number of benzene rings is 4. The van der Waals surface area contributed by atoms with Crippen molar-refractivity contribution in [1.29, 1.82) is 0 Å². The Bertz CT molecular complexity index is 4230. The Morgan fingerprint density at radius 1 is 0.515 bits per heavy atom. The molecule has 4 fully saturated rings. The van der Waals surface area contributed by atoms with E-state index in [1.807, 2.05) is 39.8 Å². The SMILES string of the molecule is C#CC#CC#CC#CC#CC#CC#CC#CC.Cc1cc(C)cc(-c2[nH]nc(OCC(C)(C)C(=O)N3C4CCC3CC4)c2[C@H](C)CNCCc2ccc3c(c2)OCO3)c1.Cc1cc(C)cc(-c2[nH]nc(OCC(C)(C)C(=O)N3C4CCC3CC4)c2[C@H](C)CNCCc2ccc3c(c2)OCO3)c1. The maximum absolute atomic E-state index is 13.6. The number of aromatic nitrogens is 4. The number of aromatic amines is 2. The van der Waals surface area contributed by atoms with E-state index in [1.54, 1.807) is 6.92 Å². The first-order chi connectivity index (χ1) is 48.8. The number of carbonyl (C=O) groups excluding carboxylic acids is 2. The molecule has 2 aromatic heterocycles. The van der Waals surface area contributed by atoms with Crippen molar-refractivity contribution in [3.63, 3.8) is 0 Å². The largest absolute Gasteiger partial charge is 0.475 e. The van der Waals surface area contributed by atoms with Gasteiger partial charge in [-0.1, -0.05) is 66.3 Å². The number of carbonyl (C=O) groups is 2. The summed E-state index contributed by atoms with van der Waals surface area (Å²) in [5, 5.41) is 23.2. The van der Waals surface area contributed by atoms with Crippen LogP contribution in [0.15, 0.2) is 72.8 Å². The minimum atomic E-state index is -0.631. The van der Waals surface area contributed by atoms with Crippen LogP contribution in [0.1, 0.15) is 156 Å². The third-order valence-electron chi connectivity index (χ3n) is 19.1. The molecular formula is C85H92N8O8. The van der Waals surface area contributed by atoms with E-state index in [-0.39, 0.29) is 50.4 Å².